The van der Waals surface area contributed by atoms with Crippen LogP contribution in [0.1, 0.15) is 24.1 Å². The lowest BCUT2D eigenvalue weighted by atomic mass is 9.84. The van der Waals surface area contributed by atoms with E-state index in [1.54, 1.807) is 12.1 Å². The summed E-state index contributed by atoms with van der Waals surface area (Å²) in [6.07, 6.45) is 3.75. The molecule has 0 bridgehead atoms. The topological polar surface area (TPSA) is 57.7 Å². The standard InChI is InChI=1S/C22H16Cl2N2O3/c1-11(27)19-17-18(20-14-5-3-2-4-12(14)8-9-25(19)20)22(29)26(21(17)28)16-10-13(23)6-7-15(16)24/h2-10,17-20H,1H3. The van der Waals surface area contributed by atoms with Gasteiger partial charge in [-0.15, -0.1) is 0 Å². The Labute approximate surface area is 177 Å². The molecule has 7 heteroatoms. The van der Waals surface area contributed by atoms with Crippen LogP contribution in [-0.4, -0.2) is 28.5 Å². The van der Waals surface area contributed by atoms with E-state index in [1.165, 1.54) is 13.0 Å². The minimum absolute atomic E-state index is 0.147. The van der Waals surface area contributed by atoms with E-state index in [9.17, 15) is 14.4 Å². The SMILES string of the molecule is CC(=O)C1C2C(=O)N(c3cc(Cl)ccc3Cl)C(=O)C2C2c3ccccc3C=CN12. The zero-order valence-corrected chi connectivity index (χ0v) is 16.9. The van der Waals surface area contributed by atoms with Crippen LogP contribution in [0.15, 0.2) is 48.7 Å². The van der Waals surface area contributed by atoms with Crippen LogP contribution in [0.2, 0.25) is 10.0 Å². The normalized spacial score (nSPS) is 27.1. The number of halogens is 2. The molecule has 3 heterocycles. The zero-order chi connectivity index (χ0) is 20.4. The Bertz CT molecular complexity index is 1110. The van der Waals surface area contributed by atoms with Crippen LogP contribution in [0.4, 0.5) is 5.69 Å². The lowest BCUT2D eigenvalue weighted by Crippen LogP contribution is -2.43. The number of fused-ring (bicyclic) bond motifs is 5. The van der Waals surface area contributed by atoms with Crippen LogP contribution in [-0.2, 0) is 14.4 Å². The Morgan fingerprint density at radius 2 is 1.72 bits per heavy atom. The molecule has 2 saturated heterocycles. The van der Waals surface area contributed by atoms with E-state index < -0.39 is 23.8 Å². The van der Waals surface area contributed by atoms with Gasteiger partial charge in [0.05, 0.1) is 34.6 Å². The first-order chi connectivity index (χ1) is 13.9. The predicted molar refractivity (Wildman–Crippen MR) is 110 cm³/mol. The molecule has 2 fully saturated rings. The molecule has 0 radical (unpaired) electrons. The van der Waals surface area contributed by atoms with Gasteiger partial charge in [0.25, 0.3) is 0 Å². The highest BCUT2D eigenvalue weighted by molar-refractivity contribution is 6.38. The van der Waals surface area contributed by atoms with Crippen molar-refractivity contribution < 1.29 is 14.4 Å². The lowest BCUT2D eigenvalue weighted by Gasteiger charge is -2.35. The fraction of sp³-hybridized carbons (Fsp3) is 0.227. The fourth-order valence-electron chi connectivity index (χ4n) is 4.92. The predicted octanol–water partition coefficient (Wildman–Crippen LogP) is 4.10. The third-order valence-corrected chi connectivity index (χ3v) is 6.58. The maximum atomic E-state index is 13.5. The van der Waals surface area contributed by atoms with Crippen molar-refractivity contribution in [2.24, 2.45) is 11.8 Å². The number of amides is 2. The highest BCUT2D eigenvalue weighted by Gasteiger charge is 2.64. The first kappa shape index (κ1) is 18.4. The van der Waals surface area contributed by atoms with Gasteiger partial charge in [-0.3, -0.25) is 14.4 Å². The second-order valence-electron chi connectivity index (χ2n) is 7.55. The van der Waals surface area contributed by atoms with E-state index in [1.807, 2.05) is 41.4 Å². The quantitative estimate of drug-likeness (QED) is 0.678. The Balaban J connectivity index is 1.67. The van der Waals surface area contributed by atoms with Gasteiger partial charge in [0.1, 0.15) is 0 Å². The summed E-state index contributed by atoms with van der Waals surface area (Å²) < 4.78 is 0. The van der Waals surface area contributed by atoms with Crippen molar-refractivity contribution in [3.63, 3.8) is 0 Å². The van der Waals surface area contributed by atoms with Gasteiger partial charge in [-0.05, 0) is 42.3 Å². The number of hydrogen-bond donors (Lipinski definition) is 0. The van der Waals surface area contributed by atoms with E-state index in [0.717, 1.165) is 16.0 Å². The average molecular weight is 427 g/mol. The molecule has 0 aromatic heterocycles. The summed E-state index contributed by atoms with van der Waals surface area (Å²) in [7, 11) is 0. The van der Waals surface area contributed by atoms with Crippen LogP contribution in [0.5, 0.6) is 0 Å². The second kappa shape index (κ2) is 6.44. The number of Topliss-reactive ketones (excluding diaryl/α,β-unsaturated/α-hetero) is 1. The summed E-state index contributed by atoms with van der Waals surface area (Å²) >= 11 is 12.4. The van der Waals surface area contributed by atoms with Crippen molar-refractivity contribution in [1.29, 1.82) is 0 Å². The molecule has 3 aliphatic rings. The molecule has 146 valence electrons. The van der Waals surface area contributed by atoms with Gasteiger partial charge in [-0.1, -0.05) is 47.5 Å². The summed E-state index contributed by atoms with van der Waals surface area (Å²) in [5.41, 5.74) is 2.18. The minimum Gasteiger partial charge on any atom is -0.359 e. The van der Waals surface area contributed by atoms with Crippen molar-refractivity contribution in [3.8, 4) is 0 Å². The molecular formula is C22H16Cl2N2O3. The number of imide groups is 1. The van der Waals surface area contributed by atoms with Gasteiger partial charge in [-0.25, -0.2) is 4.90 Å². The first-order valence-corrected chi connectivity index (χ1v) is 10.0. The Hall–Kier alpha value is -2.63. The van der Waals surface area contributed by atoms with Crippen molar-refractivity contribution in [3.05, 3.63) is 69.8 Å². The van der Waals surface area contributed by atoms with Crippen LogP contribution in [0, 0.1) is 11.8 Å². The number of hydrogen-bond acceptors (Lipinski definition) is 4. The summed E-state index contributed by atoms with van der Waals surface area (Å²) in [6.45, 7) is 1.46. The Morgan fingerprint density at radius 1 is 1.00 bits per heavy atom. The molecule has 2 amide bonds. The summed E-state index contributed by atoms with van der Waals surface area (Å²) in [4.78, 5) is 42.5. The van der Waals surface area contributed by atoms with Gasteiger partial charge >= 0.3 is 0 Å². The number of carbonyl (C=O) groups excluding carboxylic acids is 3. The van der Waals surface area contributed by atoms with Gasteiger partial charge < -0.3 is 4.90 Å². The molecule has 3 aliphatic heterocycles. The van der Waals surface area contributed by atoms with Crippen LogP contribution < -0.4 is 4.90 Å². The van der Waals surface area contributed by atoms with Crippen LogP contribution in [0.3, 0.4) is 0 Å². The third kappa shape index (κ3) is 2.51. The van der Waals surface area contributed by atoms with E-state index in [-0.39, 0.29) is 28.4 Å². The molecule has 4 unspecified atom stereocenters. The van der Waals surface area contributed by atoms with Crippen molar-refractivity contribution >= 4 is 52.6 Å². The van der Waals surface area contributed by atoms with Gasteiger partial charge in [-0.2, -0.15) is 0 Å². The van der Waals surface area contributed by atoms with Gasteiger partial charge in [0.2, 0.25) is 11.8 Å². The molecule has 5 nitrogen and oxygen atoms in total. The van der Waals surface area contributed by atoms with E-state index in [0.29, 0.717) is 5.02 Å². The van der Waals surface area contributed by atoms with Crippen LogP contribution >= 0.6 is 23.2 Å². The molecule has 2 aromatic carbocycles. The average Bonchev–Trinajstić information content (AvgIpc) is 3.17. The lowest BCUT2D eigenvalue weighted by molar-refractivity contribution is -0.129. The number of carbonyl (C=O) groups is 3. The Kier molecular flexibility index (Phi) is 4.09. The molecule has 5 rings (SSSR count). The molecule has 2 aromatic rings. The molecule has 0 saturated carbocycles. The first-order valence-electron chi connectivity index (χ1n) is 9.28. The molecule has 0 spiro atoms. The van der Waals surface area contributed by atoms with E-state index in [2.05, 4.69) is 0 Å². The number of ketones is 1. The maximum absolute atomic E-state index is 13.5. The maximum Gasteiger partial charge on any atom is 0.240 e. The second-order valence-corrected chi connectivity index (χ2v) is 8.40. The highest BCUT2D eigenvalue weighted by atomic mass is 35.5. The van der Waals surface area contributed by atoms with E-state index >= 15 is 0 Å². The minimum atomic E-state index is -0.768. The molecule has 29 heavy (non-hydrogen) atoms. The van der Waals surface area contributed by atoms with E-state index in [4.69, 9.17) is 23.2 Å². The number of rotatable bonds is 2. The third-order valence-electron chi connectivity index (χ3n) is 6.03. The number of nitrogens with zero attached hydrogens (tertiary/aromatic N) is 2. The monoisotopic (exact) mass is 426 g/mol. The zero-order valence-electron chi connectivity index (χ0n) is 15.4. The largest absolute Gasteiger partial charge is 0.359 e. The Morgan fingerprint density at radius 3 is 2.48 bits per heavy atom. The molecular weight excluding hydrogens is 411 g/mol. The van der Waals surface area contributed by atoms with Crippen molar-refractivity contribution in [2.75, 3.05) is 4.90 Å². The smallest absolute Gasteiger partial charge is 0.240 e. The van der Waals surface area contributed by atoms with Crippen molar-refractivity contribution in [2.45, 2.75) is 19.0 Å². The summed E-state index contributed by atoms with van der Waals surface area (Å²) in [6, 6.07) is 11.3. The fourth-order valence-corrected chi connectivity index (χ4v) is 5.28. The molecule has 0 aliphatic carbocycles. The summed E-state index contributed by atoms with van der Waals surface area (Å²) in [5, 5.41) is 0.633. The highest BCUT2D eigenvalue weighted by Crippen LogP contribution is 2.53. The van der Waals surface area contributed by atoms with Crippen molar-refractivity contribution in [1.82, 2.24) is 4.90 Å². The van der Waals surface area contributed by atoms with Crippen LogP contribution in [0.25, 0.3) is 6.08 Å². The molecule has 0 N–H and O–H groups in total. The van der Waals surface area contributed by atoms with Gasteiger partial charge in [0.15, 0.2) is 5.78 Å². The summed E-state index contributed by atoms with van der Waals surface area (Å²) in [5.74, 6) is -2.35. The van der Waals surface area contributed by atoms with Gasteiger partial charge in [0, 0.05) is 11.2 Å². The number of anilines is 1. The molecule has 4 atom stereocenters. The number of benzene rings is 2.